The Morgan fingerprint density at radius 1 is 1.19 bits per heavy atom. The Balaban J connectivity index is 1.80. The minimum absolute atomic E-state index is 0.249. The van der Waals surface area contributed by atoms with Gasteiger partial charge in [-0.3, -0.25) is 9.69 Å². The average molecular weight is 476 g/mol. The molecule has 1 aliphatic heterocycles. The monoisotopic (exact) mass is 475 g/mol. The van der Waals surface area contributed by atoms with Crippen molar-refractivity contribution in [1.29, 1.82) is 0 Å². The van der Waals surface area contributed by atoms with Crippen molar-refractivity contribution in [3.8, 4) is 0 Å². The number of likely N-dealkylation sites (tertiary alicyclic amines) is 1. The summed E-state index contributed by atoms with van der Waals surface area (Å²) in [6.07, 6.45) is 2.72. The van der Waals surface area contributed by atoms with Gasteiger partial charge in [0.05, 0.1) is 4.90 Å². The smallest absolute Gasteiger partial charge is 0.303 e. The van der Waals surface area contributed by atoms with Crippen molar-refractivity contribution in [3.63, 3.8) is 0 Å². The van der Waals surface area contributed by atoms with E-state index in [0.29, 0.717) is 35.2 Å². The lowest BCUT2D eigenvalue weighted by atomic mass is 9.89. The van der Waals surface area contributed by atoms with Gasteiger partial charge in [0, 0.05) is 25.0 Å². The number of halogens is 1. The summed E-state index contributed by atoms with van der Waals surface area (Å²) in [7, 11) is -3.70. The summed E-state index contributed by atoms with van der Waals surface area (Å²) in [5, 5.41) is -0.101. The number of hydrogen-bond acceptors (Lipinski definition) is 5. The standard InChI is InChI=1S/C25H30ClNO4S/c1-5-25(27-14-12-21(13-15-27)20-8-10-23(26)11-9-20)32(29,30)24-16-22(7-6-17(24)2)18(3)31-19(4)28/h5-11,16,18,21,25H,1,12-15H2,2-4H3. The molecule has 2 aromatic carbocycles. The predicted molar refractivity (Wildman–Crippen MR) is 128 cm³/mol. The first kappa shape index (κ1) is 24.5. The summed E-state index contributed by atoms with van der Waals surface area (Å²) in [6, 6.07) is 13.1. The normalized spacial score (nSPS) is 17.5. The maximum Gasteiger partial charge on any atom is 0.303 e. The van der Waals surface area contributed by atoms with Crippen LogP contribution in [-0.4, -0.2) is 37.8 Å². The van der Waals surface area contributed by atoms with E-state index in [1.165, 1.54) is 18.6 Å². The van der Waals surface area contributed by atoms with E-state index in [9.17, 15) is 13.2 Å². The molecular formula is C25H30ClNO4S. The molecule has 0 aromatic heterocycles. The van der Waals surface area contributed by atoms with Gasteiger partial charge in [0.2, 0.25) is 0 Å². The fourth-order valence-electron chi connectivity index (χ4n) is 4.32. The molecule has 2 aromatic rings. The van der Waals surface area contributed by atoms with E-state index in [2.05, 4.69) is 6.58 Å². The number of nitrogens with zero attached hydrogens (tertiary/aromatic N) is 1. The van der Waals surface area contributed by atoms with Crippen LogP contribution in [0.25, 0.3) is 0 Å². The van der Waals surface area contributed by atoms with Crippen molar-refractivity contribution in [2.45, 2.75) is 55.9 Å². The third kappa shape index (κ3) is 5.42. The van der Waals surface area contributed by atoms with Gasteiger partial charge < -0.3 is 4.74 Å². The first-order valence-electron chi connectivity index (χ1n) is 10.8. The SMILES string of the molecule is C=CC(N1CCC(c2ccc(Cl)cc2)CC1)S(=O)(=O)c1cc(C(C)OC(C)=O)ccc1C. The zero-order chi connectivity index (χ0) is 23.5. The molecule has 172 valence electrons. The summed E-state index contributed by atoms with van der Waals surface area (Å²) in [5.41, 5.74) is 2.54. The second-order valence-electron chi connectivity index (χ2n) is 8.31. The predicted octanol–water partition coefficient (Wildman–Crippen LogP) is 5.44. The number of carbonyl (C=O) groups is 1. The Labute approximate surface area is 196 Å². The second kappa shape index (κ2) is 10.2. The Kier molecular flexibility index (Phi) is 7.80. The zero-order valence-electron chi connectivity index (χ0n) is 18.8. The summed E-state index contributed by atoms with van der Waals surface area (Å²) >= 11 is 6.00. The highest BCUT2D eigenvalue weighted by molar-refractivity contribution is 7.92. The van der Waals surface area contributed by atoms with E-state index >= 15 is 0 Å². The summed E-state index contributed by atoms with van der Waals surface area (Å²) in [4.78, 5) is 13.5. The second-order valence-corrected chi connectivity index (χ2v) is 10.8. The van der Waals surface area contributed by atoms with Gasteiger partial charge in [-0.1, -0.05) is 41.9 Å². The fraction of sp³-hybridized carbons (Fsp3) is 0.400. The number of sulfone groups is 1. The van der Waals surface area contributed by atoms with Crippen LogP contribution in [0.15, 0.2) is 60.0 Å². The summed E-state index contributed by atoms with van der Waals surface area (Å²) in [5.74, 6) is -0.0265. The number of benzene rings is 2. The van der Waals surface area contributed by atoms with Gasteiger partial charge in [0.1, 0.15) is 11.5 Å². The van der Waals surface area contributed by atoms with Gasteiger partial charge in [-0.2, -0.15) is 0 Å². The highest BCUT2D eigenvalue weighted by atomic mass is 35.5. The van der Waals surface area contributed by atoms with E-state index in [0.717, 1.165) is 12.8 Å². The van der Waals surface area contributed by atoms with Crippen molar-refractivity contribution >= 4 is 27.4 Å². The molecule has 0 amide bonds. The molecule has 1 aliphatic rings. The van der Waals surface area contributed by atoms with Crippen LogP contribution in [0.4, 0.5) is 0 Å². The van der Waals surface area contributed by atoms with Crippen LogP contribution in [-0.2, 0) is 19.4 Å². The van der Waals surface area contributed by atoms with E-state index in [4.69, 9.17) is 16.3 Å². The van der Waals surface area contributed by atoms with Gasteiger partial charge in [0.25, 0.3) is 0 Å². The van der Waals surface area contributed by atoms with Gasteiger partial charge in [-0.05, 0) is 67.5 Å². The van der Waals surface area contributed by atoms with Crippen molar-refractivity contribution < 1.29 is 17.9 Å². The topological polar surface area (TPSA) is 63.7 Å². The molecule has 32 heavy (non-hydrogen) atoms. The molecule has 0 radical (unpaired) electrons. The maximum atomic E-state index is 13.6. The van der Waals surface area contributed by atoms with Crippen LogP contribution in [0.1, 0.15) is 55.4 Å². The van der Waals surface area contributed by atoms with Crippen LogP contribution in [0.5, 0.6) is 0 Å². The lowest BCUT2D eigenvalue weighted by Crippen LogP contribution is -2.44. The van der Waals surface area contributed by atoms with Crippen molar-refractivity contribution in [1.82, 2.24) is 4.90 Å². The molecule has 5 nitrogen and oxygen atoms in total. The Morgan fingerprint density at radius 3 is 2.38 bits per heavy atom. The summed E-state index contributed by atoms with van der Waals surface area (Å²) in [6.45, 7) is 10.00. The highest BCUT2D eigenvalue weighted by Crippen LogP contribution is 2.33. The van der Waals surface area contributed by atoms with Crippen molar-refractivity contribution in [2.75, 3.05) is 13.1 Å². The van der Waals surface area contributed by atoms with Gasteiger partial charge >= 0.3 is 5.97 Å². The first-order valence-corrected chi connectivity index (χ1v) is 12.7. The van der Waals surface area contributed by atoms with Crippen molar-refractivity contribution in [2.24, 2.45) is 0 Å². The third-order valence-electron chi connectivity index (χ3n) is 6.08. The Morgan fingerprint density at radius 2 is 1.81 bits per heavy atom. The van der Waals surface area contributed by atoms with Crippen LogP contribution in [0.3, 0.4) is 0 Å². The van der Waals surface area contributed by atoms with E-state index in [1.54, 1.807) is 32.0 Å². The van der Waals surface area contributed by atoms with Gasteiger partial charge in [-0.25, -0.2) is 8.42 Å². The number of aryl methyl sites for hydroxylation is 1. The van der Waals surface area contributed by atoms with E-state index in [1.807, 2.05) is 29.2 Å². The maximum absolute atomic E-state index is 13.6. The van der Waals surface area contributed by atoms with E-state index < -0.39 is 27.3 Å². The molecule has 0 aliphatic carbocycles. The van der Waals surface area contributed by atoms with Crippen LogP contribution >= 0.6 is 11.6 Å². The Hall–Kier alpha value is -2.15. The fourth-order valence-corrected chi connectivity index (χ4v) is 6.38. The molecule has 2 atom stereocenters. The molecule has 7 heteroatoms. The van der Waals surface area contributed by atoms with Gasteiger partial charge in [0.15, 0.2) is 9.84 Å². The number of ether oxygens (including phenoxy) is 1. The lowest BCUT2D eigenvalue weighted by molar-refractivity contribution is -0.145. The van der Waals surface area contributed by atoms with Gasteiger partial charge in [-0.15, -0.1) is 6.58 Å². The number of hydrogen-bond donors (Lipinski definition) is 0. The minimum Gasteiger partial charge on any atom is -0.458 e. The molecule has 1 heterocycles. The average Bonchev–Trinajstić information content (AvgIpc) is 2.75. The molecule has 0 spiro atoms. The number of carbonyl (C=O) groups excluding carboxylic acids is 1. The largest absolute Gasteiger partial charge is 0.458 e. The molecule has 0 N–H and O–H groups in total. The molecule has 2 unspecified atom stereocenters. The summed E-state index contributed by atoms with van der Waals surface area (Å²) < 4.78 is 32.5. The minimum atomic E-state index is -3.70. The molecular weight excluding hydrogens is 446 g/mol. The molecule has 3 rings (SSSR count). The quantitative estimate of drug-likeness (QED) is 0.394. The highest BCUT2D eigenvalue weighted by Gasteiger charge is 2.34. The number of piperidine rings is 1. The molecule has 1 saturated heterocycles. The third-order valence-corrected chi connectivity index (χ3v) is 8.51. The zero-order valence-corrected chi connectivity index (χ0v) is 20.3. The Bertz CT molecular complexity index is 1070. The lowest BCUT2D eigenvalue weighted by Gasteiger charge is -2.36. The van der Waals surface area contributed by atoms with Crippen LogP contribution in [0, 0.1) is 6.92 Å². The molecule has 0 bridgehead atoms. The van der Waals surface area contributed by atoms with Crippen molar-refractivity contribution in [3.05, 3.63) is 76.8 Å². The van der Waals surface area contributed by atoms with E-state index in [-0.39, 0.29) is 4.90 Å². The number of esters is 1. The molecule has 1 fully saturated rings. The first-order chi connectivity index (χ1) is 15.1. The van der Waals surface area contributed by atoms with Crippen LogP contribution in [0.2, 0.25) is 5.02 Å². The van der Waals surface area contributed by atoms with Crippen LogP contribution < -0.4 is 0 Å². The number of rotatable bonds is 7. The molecule has 0 saturated carbocycles.